The van der Waals surface area contributed by atoms with E-state index in [1.54, 1.807) is 24.3 Å². The predicted octanol–water partition coefficient (Wildman–Crippen LogP) is 5.67. The van der Waals surface area contributed by atoms with Crippen LogP contribution < -0.4 is 10.1 Å². The van der Waals surface area contributed by atoms with E-state index < -0.39 is 47.8 Å². The number of nitrogens with one attached hydrogen (secondary N) is 1. The van der Waals surface area contributed by atoms with Crippen LogP contribution in [0.2, 0.25) is 0 Å². The highest BCUT2D eigenvalue weighted by molar-refractivity contribution is 5.94. The largest absolute Gasteiger partial charge is 0.490 e. The molecule has 0 saturated carbocycles. The Morgan fingerprint density at radius 3 is 2.02 bits per heavy atom. The van der Waals surface area contributed by atoms with Crippen molar-refractivity contribution in [2.45, 2.75) is 128 Å². The second-order valence-corrected chi connectivity index (χ2v) is 12.4. The van der Waals surface area contributed by atoms with Crippen molar-refractivity contribution in [1.29, 1.82) is 0 Å². The summed E-state index contributed by atoms with van der Waals surface area (Å²) in [6, 6.07) is 5.13. The fraction of sp³-hybridized carbons (Fsp3) is 0.611. The highest BCUT2D eigenvalue weighted by Crippen LogP contribution is 2.26. The number of allylic oxidation sites excluding steroid dienone is 2. The van der Waals surface area contributed by atoms with Crippen LogP contribution in [0.3, 0.4) is 0 Å². The lowest BCUT2D eigenvalue weighted by atomic mass is 9.82. The third-order valence-electron chi connectivity index (χ3n) is 7.93. The number of unbranched alkanes of at least 4 members (excludes halogenated alkanes) is 8. The molecule has 0 fully saturated rings. The van der Waals surface area contributed by atoms with Gasteiger partial charge in [0.2, 0.25) is 5.91 Å². The van der Waals surface area contributed by atoms with Crippen LogP contribution in [0.25, 0.3) is 0 Å². The number of carboxylic acids is 3. The van der Waals surface area contributed by atoms with Gasteiger partial charge in [-0.2, -0.15) is 0 Å². The lowest BCUT2D eigenvalue weighted by Crippen LogP contribution is -2.55. The summed E-state index contributed by atoms with van der Waals surface area (Å²) in [6.07, 6.45) is 13.8. The normalized spacial score (nSPS) is 14.5. The zero-order chi connectivity index (χ0) is 35.2. The number of carbonyl (C=O) groups is 4. The maximum absolute atomic E-state index is 13.3. The molecule has 264 valence electrons. The summed E-state index contributed by atoms with van der Waals surface area (Å²) in [4.78, 5) is 48.9. The van der Waals surface area contributed by atoms with Crippen LogP contribution in [0.15, 0.2) is 48.1 Å². The summed E-state index contributed by atoms with van der Waals surface area (Å²) in [5, 5.41) is 52.3. The van der Waals surface area contributed by atoms with Crippen LogP contribution in [-0.4, -0.2) is 73.7 Å². The van der Waals surface area contributed by atoms with Crippen LogP contribution in [0.5, 0.6) is 5.75 Å². The lowest BCUT2D eigenvalue weighted by Gasteiger charge is -2.29. The Balaban J connectivity index is 2.83. The third-order valence-corrected chi connectivity index (χ3v) is 7.93. The minimum absolute atomic E-state index is 0.149. The lowest BCUT2D eigenvalue weighted by molar-refractivity contribution is -0.172. The van der Waals surface area contributed by atoms with Gasteiger partial charge >= 0.3 is 17.9 Å². The average Bonchev–Trinajstić information content (AvgIpc) is 2.99. The second-order valence-electron chi connectivity index (χ2n) is 12.4. The number of aliphatic carboxylic acids is 3. The van der Waals surface area contributed by atoms with E-state index in [0.717, 1.165) is 56.6 Å². The van der Waals surface area contributed by atoms with Gasteiger partial charge in [0.05, 0.1) is 18.4 Å². The summed E-state index contributed by atoms with van der Waals surface area (Å²) in [6.45, 7) is 6.43. The first-order chi connectivity index (χ1) is 22.3. The molecule has 0 aliphatic carbocycles. The Hall–Kier alpha value is -3.70. The van der Waals surface area contributed by atoms with Crippen molar-refractivity contribution in [2.75, 3.05) is 6.61 Å². The molecule has 4 unspecified atom stereocenters. The average molecular weight is 662 g/mol. The molecule has 0 aliphatic rings. The molecule has 1 rings (SSSR count). The molecule has 0 aliphatic heterocycles. The molecule has 0 bridgehead atoms. The number of hydrogen-bond acceptors (Lipinski definition) is 7. The van der Waals surface area contributed by atoms with Crippen LogP contribution >= 0.6 is 0 Å². The Labute approximate surface area is 278 Å². The minimum atomic E-state index is -3.01. The van der Waals surface area contributed by atoms with E-state index >= 15 is 0 Å². The summed E-state index contributed by atoms with van der Waals surface area (Å²) >= 11 is 0. The molecular formula is C36H55NO10. The number of carbonyl (C=O) groups excluding carboxylic acids is 1. The van der Waals surface area contributed by atoms with Gasteiger partial charge in [0.1, 0.15) is 18.4 Å². The van der Waals surface area contributed by atoms with Gasteiger partial charge in [-0.3, -0.25) is 9.59 Å². The first kappa shape index (κ1) is 41.3. The van der Waals surface area contributed by atoms with E-state index in [1.807, 2.05) is 19.9 Å². The highest BCUT2D eigenvalue weighted by Gasteiger charge is 2.49. The standard InChI is InChI=1S/C36H55NO10/c1-4-5-6-9-12-15-28(38)16-13-10-7-8-11-14-17-30(36(46,35(44)45)25-32(39)40)33(41)37-31(34(42)43)24-27-18-20-29(21-19-27)47-23-22-26(2)3/h14,17-22,28,30-31,38,46H,4-13,15-16,23-25H2,1-3H3,(H,37,41)(H,39,40)(H,42,43)(H,44,45)/b17-14+. The number of hydrogen-bond donors (Lipinski definition) is 6. The van der Waals surface area contributed by atoms with Crippen LogP contribution in [-0.2, 0) is 25.6 Å². The van der Waals surface area contributed by atoms with Crippen molar-refractivity contribution < 1.29 is 49.4 Å². The second kappa shape index (κ2) is 22.8. The highest BCUT2D eigenvalue weighted by atomic mass is 16.5. The predicted molar refractivity (Wildman–Crippen MR) is 179 cm³/mol. The van der Waals surface area contributed by atoms with Crippen LogP contribution in [0.1, 0.15) is 110 Å². The van der Waals surface area contributed by atoms with Gasteiger partial charge in [-0.25, -0.2) is 9.59 Å². The summed E-state index contributed by atoms with van der Waals surface area (Å²) in [7, 11) is 0. The minimum Gasteiger partial charge on any atom is -0.490 e. The molecule has 0 saturated heterocycles. The topological polar surface area (TPSA) is 191 Å². The molecule has 11 heteroatoms. The van der Waals surface area contributed by atoms with Gasteiger partial charge in [-0.05, 0) is 63.3 Å². The molecule has 0 spiro atoms. The first-order valence-electron chi connectivity index (χ1n) is 16.7. The van der Waals surface area contributed by atoms with E-state index in [1.165, 1.54) is 25.3 Å². The summed E-state index contributed by atoms with van der Waals surface area (Å²) in [5.74, 6) is -7.35. The molecular weight excluding hydrogens is 606 g/mol. The molecule has 0 radical (unpaired) electrons. The van der Waals surface area contributed by atoms with Crippen molar-refractivity contribution in [1.82, 2.24) is 5.32 Å². The Kier molecular flexibility index (Phi) is 20.0. The number of benzene rings is 1. The van der Waals surface area contributed by atoms with Crippen molar-refractivity contribution in [3.8, 4) is 5.75 Å². The third kappa shape index (κ3) is 17.1. The smallest absolute Gasteiger partial charge is 0.337 e. The van der Waals surface area contributed by atoms with Crippen molar-refractivity contribution in [3.05, 3.63) is 53.6 Å². The fourth-order valence-corrected chi connectivity index (χ4v) is 5.09. The first-order valence-corrected chi connectivity index (χ1v) is 16.7. The maximum atomic E-state index is 13.3. The van der Waals surface area contributed by atoms with Crippen LogP contribution in [0.4, 0.5) is 0 Å². The molecule has 0 heterocycles. The SMILES string of the molecule is CCCCCCCC(O)CCCCCC/C=C/C(C(=O)NC(Cc1ccc(OCC=C(C)C)cc1)C(=O)O)C(O)(CC(=O)O)C(=O)O. The van der Waals surface area contributed by atoms with Crippen LogP contribution in [0, 0.1) is 5.92 Å². The Morgan fingerprint density at radius 1 is 0.894 bits per heavy atom. The quantitative estimate of drug-likeness (QED) is 0.0533. The Morgan fingerprint density at radius 2 is 1.49 bits per heavy atom. The van der Waals surface area contributed by atoms with Gasteiger partial charge < -0.3 is 35.6 Å². The van der Waals surface area contributed by atoms with Crippen molar-refractivity contribution >= 4 is 23.8 Å². The molecule has 47 heavy (non-hydrogen) atoms. The van der Waals surface area contributed by atoms with Gasteiger partial charge in [0, 0.05) is 6.42 Å². The number of carboxylic acid groups (broad SMARTS) is 3. The molecule has 6 N–H and O–H groups in total. The monoisotopic (exact) mass is 661 g/mol. The molecule has 11 nitrogen and oxygen atoms in total. The van der Waals surface area contributed by atoms with Gasteiger partial charge in [-0.1, -0.05) is 88.1 Å². The van der Waals surface area contributed by atoms with E-state index in [-0.39, 0.29) is 12.5 Å². The van der Waals surface area contributed by atoms with E-state index in [0.29, 0.717) is 30.8 Å². The molecule has 1 amide bonds. The maximum Gasteiger partial charge on any atom is 0.337 e. The molecule has 1 aromatic rings. The van der Waals surface area contributed by atoms with Gasteiger partial charge in [0.25, 0.3) is 0 Å². The summed E-state index contributed by atoms with van der Waals surface area (Å²) < 4.78 is 5.61. The van der Waals surface area contributed by atoms with Gasteiger partial charge in [0.15, 0.2) is 5.60 Å². The zero-order valence-corrected chi connectivity index (χ0v) is 28.2. The number of amides is 1. The number of aliphatic hydroxyl groups is 2. The van der Waals surface area contributed by atoms with Gasteiger partial charge in [-0.15, -0.1) is 0 Å². The van der Waals surface area contributed by atoms with Crippen molar-refractivity contribution in [2.24, 2.45) is 5.92 Å². The summed E-state index contributed by atoms with van der Waals surface area (Å²) in [5.41, 5.74) is -1.36. The zero-order valence-electron chi connectivity index (χ0n) is 28.2. The van der Waals surface area contributed by atoms with E-state index in [2.05, 4.69) is 12.2 Å². The number of aliphatic hydroxyl groups excluding tert-OH is 1. The van der Waals surface area contributed by atoms with E-state index in [4.69, 9.17) is 4.74 Å². The Bertz CT molecular complexity index is 1160. The molecule has 0 aromatic heterocycles. The molecule has 1 aromatic carbocycles. The number of rotatable bonds is 26. The van der Waals surface area contributed by atoms with Crippen molar-refractivity contribution in [3.63, 3.8) is 0 Å². The number of ether oxygens (including phenoxy) is 1. The molecule has 4 atom stereocenters. The van der Waals surface area contributed by atoms with E-state index in [9.17, 15) is 44.7 Å². The fourth-order valence-electron chi connectivity index (χ4n) is 5.09.